The number of rotatable bonds is 0. The molecule has 0 fully saturated rings. The first-order valence-electron chi connectivity index (χ1n) is 3.52. The Kier molecular flexibility index (Phi) is 5.06. The number of halogens is 1. The molecule has 2 N–H and O–H groups in total. The van der Waals surface area contributed by atoms with Crippen molar-refractivity contribution in [3.05, 3.63) is 28.2 Å². The average Bonchev–Trinajstić information content (AvgIpc) is 2.13. The van der Waals surface area contributed by atoms with Gasteiger partial charge in [0, 0.05) is 10.7 Å². The van der Waals surface area contributed by atoms with Gasteiger partial charge in [0.25, 0.3) is 0 Å². The SMILES string of the molecule is CC.[C-]#[N+]c1cc(N)ncc1Br. The summed E-state index contributed by atoms with van der Waals surface area (Å²) in [6, 6.07) is 1.52. The summed E-state index contributed by atoms with van der Waals surface area (Å²) >= 11 is 3.16. The first-order chi connectivity index (χ1) is 5.74. The first kappa shape index (κ1) is 10.9. The van der Waals surface area contributed by atoms with Crippen LogP contribution in [0.5, 0.6) is 0 Å². The minimum absolute atomic E-state index is 0.370. The smallest absolute Gasteiger partial charge is 0.206 e. The largest absolute Gasteiger partial charge is 0.385 e. The van der Waals surface area contributed by atoms with Gasteiger partial charge in [0.15, 0.2) is 0 Å². The molecule has 12 heavy (non-hydrogen) atoms. The number of hydrogen-bond donors (Lipinski definition) is 1. The van der Waals surface area contributed by atoms with Crippen LogP contribution >= 0.6 is 15.9 Å². The zero-order chi connectivity index (χ0) is 9.56. The number of aromatic nitrogens is 1. The summed E-state index contributed by atoms with van der Waals surface area (Å²) < 4.78 is 0.678. The summed E-state index contributed by atoms with van der Waals surface area (Å²) in [7, 11) is 0. The van der Waals surface area contributed by atoms with Crippen LogP contribution in [-0.2, 0) is 0 Å². The van der Waals surface area contributed by atoms with E-state index in [0.717, 1.165) is 0 Å². The fraction of sp³-hybridized carbons (Fsp3) is 0.250. The van der Waals surface area contributed by atoms with Gasteiger partial charge < -0.3 is 5.73 Å². The minimum Gasteiger partial charge on any atom is -0.385 e. The Balaban J connectivity index is 0.000000561. The van der Waals surface area contributed by atoms with Gasteiger partial charge in [-0.15, -0.1) is 0 Å². The maximum absolute atomic E-state index is 6.69. The topological polar surface area (TPSA) is 43.3 Å². The molecule has 0 atom stereocenters. The van der Waals surface area contributed by atoms with E-state index >= 15 is 0 Å². The summed E-state index contributed by atoms with van der Waals surface area (Å²) in [6.45, 7) is 10.7. The molecular formula is C8H10BrN3. The van der Waals surface area contributed by atoms with Crippen LogP contribution < -0.4 is 5.73 Å². The second kappa shape index (κ2) is 5.56. The summed E-state index contributed by atoms with van der Waals surface area (Å²) in [5, 5.41) is 0. The molecule has 0 aliphatic rings. The van der Waals surface area contributed by atoms with Crippen molar-refractivity contribution in [3.63, 3.8) is 0 Å². The predicted molar refractivity (Wildman–Crippen MR) is 54.0 cm³/mol. The normalized spacial score (nSPS) is 7.83. The number of pyridine rings is 1. The molecule has 0 amide bonds. The molecule has 0 unspecified atom stereocenters. The number of nitrogen functional groups attached to an aromatic ring is 1. The van der Waals surface area contributed by atoms with Crippen molar-refractivity contribution >= 4 is 27.4 Å². The van der Waals surface area contributed by atoms with Gasteiger partial charge in [0.05, 0.1) is 6.57 Å². The molecule has 0 saturated heterocycles. The summed E-state index contributed by atoms with van der Waals surface area (Å²) in [4.78, 5) is 6.99. The maximum atomic E-state index is 6.69. The number of hydrogen-bond acceptors (Lipinski definition) is 2. The van der Waals surface area contributed by atoms with Crippen molar-refractivity contribution in [2.75, 3.05) is 5.73 Å². The Hall–Kier alpha value is -1.08. The third kappa shape index (κ3) is 2.89. The van der Waals surface area contributed by atoms with Crippen LogP contribution in [0.1, 0.15) is 13.8 Å². The molecule has 4 heteroatoms. The lowest BCUT2D eigenvalue weighted by Crippen LogP contribution is -1.87. The molecule has 0 aliphatic heterocycles. The molecule has 0 radical (unpaired) electrons. The van der Waals surface area contributed by atoms with Gasteiger partial charge in [-0.25, -0.2) is 9.83 Å². The lowest BCUT2D eigenvalue weighted by molar-refractivity contribution is 1.33. The molecule has 0 bridgehead atoms. The second-order valence-electron chi connectivity index (χ2n) is 1.67. The van der Waals surface area contributed by atoms with Crippen LogP contribution in [0.3, 0.4) is 0 Å². The van der Waals surface area contributed by atoms with Crippen LogP contribution in [0, 0.1) is 6.57 Å². The third-order valence-corrected chi connectivity index (χ3v) is 1.59. The number of nitrogens with two attached hydrogens (primary N) is 1. The highest BCUT2D eigenvalue weighted by molar-refractivity contribution is 9.10. The molecular weight excluding hydrogens is 218 g/mol. The van der Waals surface area contributed by atoms with Gasteiger partial charge in [-0.1, -0.05) is 29.8 Å². The quantitative estimate of drug-likeness (QED) is 0.693. The summed E-state index contributed by atoms with van der Waals surface area (Å²) in [6.07, 6.45) is 1.52. The van der Waals surface area contributed by atoms with Crippen LogP contribution in [0.25, 0.3) is 4.85 Å². The van der Waals surface area contributed by atoms with Gasteiger partial charge in [-0.3, -0.25) is 0 Å². The lowest BCUT2D eigenvalue weighted by atomic mass is 10.4. The van der Waals surface area contributed by atoms with Crippen molar-refractivity contribution in [2.45, 2.75) is 13.8 Å². The molecule has 0 spiro atoms. The highest BCUT2D eigenvalue weighted by Crippen LogP contribution is 2.25. The monoisotopic (exact) mass is 227 g/mol. The van der Waals surface area contributed by atoms with Crippen molar-refractivity contribution in [1.29, 1.82) is 0 Å². The van der Waals surface area contributed by atoms with Crippen molar-refractivity contribution in [3.8, 4) is 0 Å². The molecule has 1 heterocycles. The lowest BCUT2D eigenvalue weighted by Gasteiger charge is -1.94. The maximum Gasteiger partial charge on any atom is 0.206 e. The van der Waals surface area contributed by atoms with Crippen LogP contribution in [0.4, 0.5) is 11.5 Å². The Morgan fingerprint density at radius 2 is 2.17 bits per heavy atom. The van der Waals surface area contributed by atoms with Crippen LogP contribution in [-0.4, -0.2) is 4.98 Å². The fourth-order valence-corrected chi connectivity index (χ4v) is 0.835. The zero-order valence-corrected chi connectivity index (χ0v) is 8.59. The van der Waals surface area contributed by atoms with E-state index in [-0.39, 0.29) is 0 Å². The minimum atomic E-state index is 0.370. The zero-order valence-electron chi connectivity index (χ0n) is 7.00. The summed E-state index contributed by atoms with van der Waals surface area (Å²) in [5.74, 6) is 0.370. The molecule has 0 aromatic carbocycles. The van der Waals surface area contributed by atoms with E-state index in [1.54, 1.807) is 0 Å². The van der Waals surface area contributed by atoms with Gasteiger partial charge in [0.1, 0.15) is 5.82 Å². The predicted octanol–water partition coefficient (Wildman–Crippen LogP) is 3.00. The van der Waals surface area contributed by atoms with E-state index in [1.807, 2.05) is 13.8 Å². The summed E-state index contributed by atoms with van der Waals surface area (Å²) in [5.41, 5.74) is 5.82. The van der Waals surface area contributed by atoms with Crippen molar-refractivity contribution in [1.82, 2.24) is 4.98 Å². The molecule has 1 rings (SSSR count). The van der Waals surface area contributed by atoms with Crippen molar-refractivity contribution in [2.24, 2.45) is 0 Å². The molecule has 1 aromatic rings. The highest BCUT2D eigenvalue weighted by atomic mass is 79.9. The van der Waals surface area contributed by atoms with E-state index in [4.69, 9.17) is 12.3 Å². The van der Waals surface area contributed by atoms with Crippen LogP contribution in [0.2, 0.25) is 0 Å². The molecule has 64 valence electrons. The number of anilines is 1. The van der Waals surface area contributed by atoms with Gasteiger partial charge in [0.2, 0.25) is 5.69 Å². The third-order valence-electron chi connectivity index (χ3n) is 0.977. The van der Waals surface area contributed by atoms with Crippen LogP contribution in [0.15, 0.2) is 16.7 Å². The van der Waals surface area contributed by atoms with Gasteiger partial charge >= 0.3 is 0 Å². The highest BCUT2D eigenvalue weighted by Gasteiger charge is 1.98. The fourth-order valence-electron chi connectivity index (χ4n) is 0.529. The van der Waals surface area contributed by atoms with Gasteiger partial charge in [-0.2, -0.15) is 0 Å². The standard InChI is InChI=1S/C6H4BrN3.C2H6/c1-9-5-2-6(8)10-3-4(5)7;1-2/h2-3H,(H2,8,10);1-2H3. The van der Waals surface area contributed by atoms with E-state index in [2.05, 4.69) is 25.8 Å². The molecule has 0 aliphatic carbocycles. The Labute approximate surface area is 80.6 Å². The van der Waals surface area contributed by atoms with E-state index in [0.29, 0.717) is 16.0 Å². The average molecular weight is 228 g/mol. The Morgan fingerprint density at radius 1 is 1.58 bits per heavy atom. The van der Waals surface area contributed by atoms with E-state index in [1.165, 1.54) is 12.3 Å². The first-order valence-corrected chi connectivity index (χ1v) is 4.32. The van der Waals surface area contributed by atoms with E-state index in [9.17, 15) is 0 Å². The number of nitrogens with zero attached hydrogens (tertiary/aromatic N) is 2. The van der Waals surface area contributed by atoms with Gasteiger partial charge in [-0.05, 0) is 6.07 Å². The van der Waals surface area contributed by atoms with Crippen molar-refractivity contribution < 1.29 is 0 Å². The van der Waals surface area contributed by atoms with E-state index < -0.39 is 0 Å². The molecule has 0 saturated carbocycles. The Morgan fingerprint density at radius 3 is 2.58 bits per heavy atom. The molecule has 1 aromatic heterocycles. The Bertz CT molecular complexity index is 291. The second-order valence-corrected chi connectivity index (χ2v) is 2.53. The molecule has 3 nitrogen and oxygen atoms in total.